The van der Waals surface area contributed by atoms with Gasteiger partial charge in [0.05, 0.1) is 22.7 Å². The fourth-order valence-corrected chi connectivity index (χ4v) is 2.57. The van der Waals surface area contributed by atoms with Crippen LogP contribution in [0.1, 0.15) is 12.0 Å². The molecule has 3 rings (SSSR count). The maximum Gasteiger partial charge on any atom is 0.222 e. The van der Waals surface area contributed by atoms with Crippen LogP contribution >= 0.6 is 23.2 Å². The smallest absolute Gasteiger partial charge is 0.222 e. The van der Waals surface area contributed by atoms with Gasteiger partial charge in [0, 0.05) is 12.5 Å². The highest BCUT2D eigenvalue weighted by Gasteiger charge is 2.25. The van der Waals surface area contributed by atoms with Crippen LogP contribution in [0.3, 0.4) is 0 Å². The highest BCUT2D eigenvalue weighted by atomic mass is 35.5. The molecule has 24 heavy (non-hydrogen) atoms. The molecule has 0 aromatic heterocycles. The maximum absolute atomic E-state index is 13.7. The number of ether oxygens (including phenoxy) is 2. The Morgan fingerprint density at radius 3 is 2.58 bits per heavy atom. The maximum atomic E-state index is 13.7. The number of nitrogens with zero attached hydrogens (tertiary/aromatic N) is 1. The number of hydrogen-bond acceptors (Lipinski definition) is 3. The summed E-state index contributed by atoms with van der Waals surface area (Å²) < 4.78 is 38.4. The average molecular weight is 372 g/mol. The largest absolute Gasteiger partial charge is 0.493 e. The van der Waals surface area contributed by atoms with E-state index >= 15 is 0 Å². The zero-order valence-electron chi connectivity index (χ0n) is 12.4. The SMILES string of the molecule is Fc1cccc(F)c1C1=NC(CCOc2ccc(Cl)c(Cl)c2)CO1. The zero-order valence-corrected chi connectivity index (χ0v) is 14.0. The zero-order chi connectivity index (χ0) is 17.1. The molecule has 2 aromatic rings. The van der Waals surface area contributed by atoms with Gasteiger partial charge in [-0.25, -0.2) is 13.8 Å². The molecule has 0 saturated heterocycles. The summed E-state index contributed by atoms with van der Waals surface area (Å²) in [5, 5.41) is 0.864. The minimum absolute atomic E-state index is 0.00913. The third kappa shape index (κ3) is 3.79. The van der Waals surface area contributed by atoms with Gasteiger partial charge in [-0.1, -0.05) is 29.3 Å². The van der Waals surface area contributed by atoms with Crippen molar-refractivity contribution in [3.63, 3.8) is 0 Å². The van der Waals surface area contributed by atoms with E-state index in [1.54, 1.807) is 18.2 Å². The first-order valence-electron chi connectivity index (χ1n) is 7.27. The normalized spacial score (nSPS) is 16.7. The second-order valence-corrected chi connectivity index (χ2v) is 6.02. The van der Waals surface area contributed by atoms with Crippen molar-refractivity contribution in [3.05, 3.63) is 63.6 Å². The minimum atomic E-state index is -0.693. The predicted octanol–water partition coefficient (Wildman–Crippen LogP) is 4.89. The number of benzene rings is 2. The summed E-state index contributed by atoms with van der Waals surface area (Å²) in [6.07, 6.45) is 0.541. The molecule has 0 radical (unpaired) electrons. The van der Waals surface area contributed by atoms with E-state index in [4.69, 9.17) is 32.7 Å². The average Bonchev–Trinajstić information content (AvgIpc) is 2.99. The third-order valence-corrected chi connectivity index (χ3v) is 4.24. The summed E-state index contributed by atoms with van der Waals surface area (Å²) in [6.45, 7) is 0.621. The van der Waals surface area contributed by atoms with Gasteiger partial charge in [0.15, 0.2) is 0 Å². The molecule has 0 N–H and O–H groups in total. The van der Waals surface area contributed by atoms with Crippen LogP contribution < -0.4 is 4.74 Å². The van der Waals surface area contributed by atoms with E-state index in [2.05, 4.69) is 4.99 Å². The third-order valence-electron chi connectivity index (χ3n) is 3.50. The van der Waals surface area contributed by atoms with E-state index in [1.807, 2.05) is 0 Å². The molecule has 126 valence electrons. The molecular weight excluding hydrogens is 359 g/mol. The van der Waals surface area contributed by atoms with E-state index in [0.29, 0.717) is 28.8 Å². The molecule has 0 fully saturated rings. The van der Waals surface area contributed by atoms with Crippen molar-refractivity contribution in [2.24, 2.45) is 4.99 Å². The fourth-order valence-electron chi connectivity index (χ4n) is 2.28. The summed E-state index contributed by atoms with van der Waals surface area (Å²) in [5.74, 6) is -0.805. The summed E-state index contributed by atoms with van der Waals surface area (Å²) in [4.78, 5) is 4.23. The molecule has 2 aromatic carbocycles. The first kappa shape index (κ1) is 17.0. The Hall–Kier alpha value is -1.85. The van der Waals surface area contributed by atoms with Gasteiger partial charge in [0.25, 0.3) is 0 Å². The van der Waals surface area contributed by atoms with E-state index < -0.39 is 11.6 Å². The van der Waals surface area contributed by atoms with Gasteiger partial charge in [-0.3, -0.25) is 0 Å². The highest BCUT2D eigenvalue weighted by molar-refractivity contribution is 6.42. The second-order valence-electron chi connectivity index (χ2n) is 5.21. The molecule has 0 bridgehead atoms. The fraction of sp³-hybridized carbons (Fsp3) is 0.235. The Bertz CT molecular complexity index is 763. The van der Waals surface area contributed by atoms with Gasteiger partial charge in [-0.15, -0.1) is 0 Å². The van der Waals surface area contributed by atoms with Crippen LogP contribution in [0.25, 0.3) is 0 Å². The van der Waals surface area contributed by atoms with E-state index in [9.17, 15) is 8.78 Å². The topological polar surface area (TPSA) is 30.8 Å². The van der Waals surface area contributed by atoms with Crippen LogP contribution in [0.2, 0.25) is 10.0 Å². The van der Waals surface area contributed by atoms with Gasteiger partial charge in [0.2, 0.25) is 5.90 Å². The lowest BCUT2D eigenvalue weighted by Gasteiger charge is -2.08. The second kappa shape index (κ2) is 7.36. The van der Waals surface area contributed by atoms with Crippen molar-refractivity contribution in [2.75, 3.05) is 13.2 Å². The minimum Gasteiger partial charge on any atom is -0.493 e. The van der Waals surface area contributed by atoms with Crippen LogP contribution in [0.4, 0.5) is 8.78 Å². The molecule has 3 nitrogen and oxygen atoms in total. The quantitative estimate of drug-likeness (QED) is 0.749. The first-order chi connectivity index (χ1) is 11.5. The molecule has 1 atom stereocenters. The highest BCUT2D eigenvalue weighted by Crippen LogP contribution is 2.26. The van der Waals surface area contributed by atoms with Crippen molar-refractivity contribution in [1.82, 2.24) is 0 Å². The molecule has 0 aliphatic carbocycles. The van der Waals surface area contributed by atoms with Gasteiger partial charge in [0.1, 0.15) is 29.6 Å². The van der Waals surface area contributed by atoms with Crippen molar-refractivity contribution >= 4 is 29.1 Å². The Morgan fingerprint density at radius 2 is 1.88 bits per heavy atom. The lowest BCUT2D eigenvalue weighted by Crippen LogP contribution is -2.11. The lowest BCUT2D eigenvalue weighted by atomic mass is 10.2. The monoisotopic (exact) mass is 371 g/mol. The number of rotatable bonds is 5. The van der Waals surface area contributed by atoms with Crippen LogP contribution in [0, 0.1) is 11.6 Å². The lowest BCUT2D eigenvalue weighted by molar-refractivity contribution is 0.264. The van der Waals surface area contributed by atoms with Gasteiger partial charge >= 0.3 is 0 Å². The summed E-state index contributed by atoms with van der Waals surface area (Å²) in [5.41, 5.74) is -0.231. The molecular formula is C17H13Cl2F2NO2. The number of hydrogen-bond donors (Lipinski definition) is 0. The summed E-state index contributed by atoms with van der Waals surface area (Å²) in [6, 6.07) is 8.40. The first-order valence-corrected chi connectivity index (χ1v) is 8.03. The van der Waals surface area contributed by atoms with E-state index in [-0.39, 0.29) is 24.1 Å². The molecule has 7 heteroatoms. The summed E-state index contributed by atoms with van der Waals surface area (Å²) in [7, 11) is 0. The molecule has 1 aliphatic rings. The van der Waals surface area contributed by atoms with Gasteiger partial charge in [-0.2, -0.15) is 0 Å². The van der Waals surface area contributed by atoms with Crippen molar-refractivity contribution in [3.8, 4) is 5.75 Å². The van der Waals surface area contributed by atoms with Gasteiger partial charge in [-0.05, 0) is 24.3 Å². The molecule has 1 heterocycles. The predicted molar refractivity (Wildman–Crippen MR) is 89.2 cm³/mol. The van der Waals surface area contributed by atoms with Crippen molar-refractivity contribution < 1.29 is 18.3 Å². The van der Waals surface area contributed by atoms with Gasteiger partial charge < -0.3 is 9.47 Å². The summed E-state index contributed by atoms with van der Waals surface area (Å²) >= 11 is 11.7. The molecule has 1 aliphatic heterocycles. The van der Waals surface area contributed by atoms with Crippen molar-refractivity contribution in [2.45, 2.75) is 12.5 Å². The van der Waals surface area contributed by atoms with Crippen LogP contribution in [0.15, 0.2) is 41.4 Å². The Morgan fingerprint density at radius 1 is 1.12 bits per heavy atom. The molecule has 0 saturated carbocycles. The molecule has 1 unspecified atom stereocenters. The molecule has 0 spiro atoms. The van der Waals surface area contributed by atoms with Crippen molar-refractivity contribution in [1.29, 1.82) is 0 Å². The van der Waals surface area contributed by atoms with E-state index in [1.165, 1.54) is 18.2 Å². The standard InChI is InChI=1S/C17H13Cl2F2NO2/c18-12-5-4-11(8-13(12)19)23-7-6-10-9-24-17(22-10)16-14(20)2-1-3-15(16)21/h1-5,8,10H,6-7,9H2. The van der Waals surface area contributed by atoms with Crippen LogP contribution in [-0.4, -0.2) is 25.2 Å². The Kier molecular flexibility index (Phi) is 5.21. The van der Waals surface area contributed by atoms with Crippen LogP contribution in [0.5, 0.6) is 5.75 Å². The number of aliphatic imine (C=N–C) groups is 1. The number of halogens is 4. The Balaban J connectivity index is 1.59. The van der Waals surface area contributed by atoms with Crippen LogP contribution in [-0.2, 0) is 4.74 Å². The molecule has 0 amide bonds. The van der Waals surface area contributed by atoms with E-state index in [0.717, 1.165) is 0 Å². The Labute approximate surface area is 147 Å².